The maximum absolute atomic E-state index is 11.6. The summed E-state index contributed by atoms with van der Waals surface area (Å²) in [5, 5.41) is 10.6. The summed E-state index contributed by atoms with van der Waals surface area (Å²) in [6.45, 7) is 0. The average Bonchev–Trinajstić information content (AvgIpc) is 2.79. The maximum atomic E-state index is 11.6. The molecule has 108 valence electrons. The van der Waals surface area contributed by atoms with Crippen molar-refractivity contribution in [3.63, 3.8) is 0 Å². The van der Waals surface area contributed by atoms with Crippen LogP contribution < -0.4 is 5.32 Å². The Morgan fingerprint density at radius 2 is 2.29 bits per heavy atom. The number of methoxy groups -OCH3 is 1. The number of nitrogens with zero attached hydrogens (tertiary/aromatic N) is 2. The second-order valence-corrected chi connectivity index (χ2v) is 5.74. The molecule has 21 heavy (non-hydrogen) atoms. The van der Waals surface area contributed by atoms with Crippen LogP contribution in [0.1, 0.15) is 5.56 Å². The van der Waals surface area contributed by atoms with Crippen molar-refractivity contribution in [3.8, 4) is 0 Å². The van der Waals surface area contributed by atoms with Gasteiger partial charge in [0.25, 0.3) is 5.91 Å². The molecule has 0 unspecified atom stereocenters. The van der Waals surface area contributed by atoms with E-state index >= 15 is 0 Å². The topological polar surface area (TPSA) is 80.1 Å². The predicted molar refractivity (Wildman–Crippen MR) is 85.0 cm³/mol. The molecule has 1 saturated heterocycles. The number of esters is 1. The largest absolute Gasteiger partial charge is 0.466 e. The van der Waals surface area contributed by atoms with E-state index in [9.17, 15) is 9.59 Å². The molecule has 1 aromatic rings. The molecule has 1 fully saturated rings. The SMILES string of the molecule is COC(=O)/C=C1/S/C(=N\N=Cc2cccc(Br)c2)NC1=O. The zero-order valence-corrected chi connectivity index (χ0v) is 13.3. The van der Waals surface area contributed by atoms with Gasteiger partial charge in [-0.05, 0) is 29.5 Å². The van der Waals surface area contributed by atoms with Crippen LogP contribution in [0.2, 0.25) is 0 Å². The summed E-state index contributed by atoms with van der Waals surface area (Å²) in [6, 6.07) is 7.53. The van der Waals surface area contributed by atoms with Crippen LogP contribution in [0.25, 0.3) is 0 Å². The van der Waals surface area contributed by atoms with E-state index in [0.717, 1.165) is 27.9 Å². The van der Waals surface area contributed by atoms with Crippen molar-refractivity contribution in [1.82, 2.24) is 5.32 Å². The van der Waals surface area contributed by atoms with Crippen LogP contribution in [0.15, 0.2) is 49.9 Å². The summed E-state index contributed by atoms with van der Waals surface area (Å²) < 4.78 is 5.40. The first-order valence-corrected chi connectivity index (χ1v) is 7.35. The predicted octanol–water partition coefficient (Wildman–Crippen LogP) is 2.06. The van der Waals surface area contributed by atoms with Gasteiger partial charge in [-0.1, -0.05) is 28.1 Å². The summed E-state index contributed by atoms with van der Waals surface area (Å²) in [5.41, 5.74) is 0.869. The average molecular weight is 368 g/mol. The van der Waals surface area contributed by atoms with Crippen LogP contribution in [0, 0.1) is 0 Å². The minimum Gasteiger partial charge on any atom is -0.466 e. The van der Waals surface area contributed by atoms with Crippen molar-refractivity contribution < 1.29 is 14.3 Å². The van der Waals surface area contributed by atoms with Crippen molar-refractivity contribution in [2.75, 3.05) is 7.11 Å². The van der Waals surface area contributed by atoms with Crippen LogP contribution >= 0.6 is 27.7 Å². The number of nitrogens with one attached hydrogen (secondary N) is 1. The molecule has 0 radical (unpaired) electrons. The lowest BCUT2D eigenvalue weighted by molar-refractivity contribution is -0.135. The number of halogens is 1. The third-order valence-electron chi connectivity index (χ3n) is 2.31. The molecule has 0 saturated carbocycles. The van der Waals surface area contributed by atoms with Crippen molar-refractivity contribution in [3.05, 3.63) is 45.3 Å². The molecule has 0 atom stereocenters. The molecular formula is C13H10BrN3O3S. The van der Waals surface area contributed by atoms with Gasteiger partial charge in [-0.2, -0.15) is 5.10 Å². The second kappa shape index (κ2) is 7.19. The fraction of sp³-hybridized carbons (Fsp3) is 0.0769. The Morgan fingerprint density at radius 3 is 3.00 bits per heavy atom. The first-order chi connectivity index (χ1) is 10.1. The minimum atomic E-state index is -0.591. The van der Waals surface area contributed by atoms with Crippen LogP contribution in [0.5, 0.6) is 0 Å². The van der Waals surface area contributed by atoms with E-state index in [1.165, 1.54) is 7.11 Å². The standard InChI is InChI=1S/C13H10BrN3O3S/c1-20-11(18)6-10-12(19)16-13(21-10)17-15-7-8-3-2-4-9(14)5-8/h2-7H,1H3,(H,16,17,19)/b10-6+,15-7?. The van der Waals surface area contributed by atoms with Gasteiger partial charge in [0.15, 0.2) is 5.17 Å². The molecule has 0 aromatic heterocycles. The van der Waals surface area contributed by atoms with E-state index in [1.54, 1.807) is 6.21 Å². The van der Waals surface area contributed by atoms with Crippen LogP contribution in [-0.2, 0) is 14.3 Å². The Hall–Kier alpha value is -1.93. The highest BCUT2D eigenvalue weighted by Crippen LogP contribution is 2.23. The van der Waals surface area contributed by atoms with Crippen LogP contribution in [-0.4, -0.2) is 30.4 Å². The highest BCUT2D eigenvalue weighted by molar-refractivity contribution is 9.10. The Balaban J connectivity index is 2.05. The number of ether oxygens (including phenoxy) is 1. The normalized spacial score (nSPS) is 18.5. The fourth-order valence-electron chi connectivity index (χ4n) is 1.38. The molecule has 1 aliphatic heterocycles. The van der Waals surface area contributed by atoms with Gasteiger partial charge in [0.05, 0.1) is 18.2 Å². The van der Waals surface area contributed by atoms with Gasteiger partial charge in [-0.3, -0.25) is 10.1 Å². The molecule has 2 rings (SSSR count). The lowest BCUT2D eigenvalue weighted by Gasteiger charge is -1.92. The Morgan fingerprint density at radius 1 is 1.48 bits per heavy atom. The van der Waals surface area contributed by atoms with Gasteiger partial charge in [-0.25, -0.2) is 4.79 Å². The number of amides is 1. The molecule has 6 nitrogen and oxygen atoms in total. The number of benzene rings is 1. The van der Waals surface area contributed by atoms with E-state index in [-0.39, 0.29) is 4.91 Å². The minimum absolute atomic E-state index is 0.221. The van der Waals surface area contributed by atoms with Gasteiger partial charge < -0.3 is 4.74 Å². The number of thioether (sulfide) groups is 1. The van der Waals surface area contributed by atoms with E-state index in [2.05, 4.69) is 36.2 Å². The summed E-state index contributed by atoms with van der Waals surface area (Å²) in [4.78, 5) is 22.9. The molecule has 8 heteroatoms. The van der Waals surface area contributed by atoms with Crippen LogP contribution in [0.3, 0.4) is 0 Å². The van der Waals surface area contributed by atoms with E-state index in [0.29, 0.717) is 5.17 Å². The van der Waals surface area contributed by atoms with Crippen molar-refractivity contribution >= 4 is 51.0 Å². The lowest BCUT2D eigenvalue weighted by Crippen LogP contribution is -2.19. The third kappa shape index (κ3) is 4.54. The number of hydrogen-bond acceptors (Lipinski definition) is 6. The maximum Gasteiger partial charge on any atom is 0.331 e. The highest BCUT2D eigenvalue weighted by atomic mass is 79.9. The molecule has 1 aliphatic rings. The summed E-state index contributed by atoms with van der Waals surface area (Å²) >= 11 is 4.38. The number of carbonyl (C=O) groups is 2. The fourth-order valence-corrected chi connectivity index (χ4v) is 2.53. The Labute approximate surface area is 133 Å². The summed E-state index contributed by atoms with van der Waals surface area (Å²) in [7, 11) is 1.24. The van der Waals surface area contributed by atoms with Crippen molar-refractivity contribution in [1.29, 1.82) is 0 Å². The number of carbonyl (C=O) groups excluding carboxylic acids is 2. The molecule has 1 amide bonds. The number of amidine groups is 1. The van der Waals surface area contributed by atoms with Gasteiger partial charge in [0.1, 0.15) is 0 Å². The monoisotopic (exact) mass is 367 g/mol. The van der Waals surface area contributed by atoms with E-state index in [1.807, 2.05) is 24.3 Å². The van der Waals surface area contributed by atoms with E-state index in [4.69, 9.17) is 0 Å². The molecule has 0 spiro atoms. The Kier molecular flexibility index (Phi) is 5.29. The quantitative estimate of drug-likeness (QED) is 0.383. The second-order valence-electron chi connectivity index (χ2n) is 3.79. The first-order valence-electron chi connectivity index (χ1n) is 5.74. The summed E-state index contributed by atoms with van der Waals surface area (Å²) in [6.07, 6.45) is 2.67. The van der Waals surface area contributed by atoms with Gasteiger partial charge in [0, 0.05) is 10.5 Å². The third-order valence-corrected chi connectivity index (χ3v) is 3.70. The molecule has 1 N–H and O–H groups in total. The van der Waals surface area contributed by atoms with Gasteiger partial charge in [0.2, 0.25) is 0 Å². The molecule has 1 aromatic carbocycles. The van der Waals surface area contributed by atoms with Crippen molar-refractivity contribution in [2.24, 2.45) is 10.2 Å². The van der Waals surface area contributed by atoms with Gasteiger partial charge in [-0.15, -0.1) is 5.10 Å². The molecule has 0 aliphatic carbocycles. The number of hydrogen-bond donors (Lipinski definition) is 1. The van der Waals surface area contributed by atoms with Gasteiger partial charge >= 0.3 is 5.97 Å². The first kappa shape index (κ1) is 15.5. The summed E-state index contributed by atoms with van der Waals surface area (Å²) in [5.74, 6) is -0.992. The highest BCUT2D eigenvalue weighted by Gasteiger charge is 2.24. The smallest absolute Gasteiger partial charge is 0.331 e. The lowest BCUT2D eigenvalue weighted by atomic mass is 10.2. The van der Waals surface area contributed by atoms with Crippen molar-refractivity contribution in [2.45, 2.75) is 0 Å². The van der Waals surface area contributed by atoms with Crippen LogP contribution in [0.4, 0.5) is 0 Å². The zero-order chi connectivity index (χ0) is 15.2. The Bertz CT molecular complexity index is 670. The molecule has 0 bridgehead atoms. The molecular weight excluding hydrogens is 358 g/mol. The molecule has 1 heterocycles. The zero-order valence-electron chi connectivity index (χ0n) is 10.9. The van der Waals surface area contributed by atoms with E-state index < -0.39 is 11.9 Å². The number of rotatable bonds is 3.